The molecule has 1 aliphatic rings. The Balaban J connectivity index is 1.39. The van der Waals surface area contributed by atoms with Crippen LogP contribution in [-0.4, -0.2) is 25.2 Å². The van der Waals surface area contributed by atoms with Gasteiger partial charge in [-0.3, -0.25) is 9.59 Å². The van der Waals surface area contributed by atoms with Crippen molar-refractivity contribution in [3.05, 3.63) is 59.7 Å². The average Bonchev–Trinajstić information content (AvgIpc) is 3.08. The first-order valence-corrected chi connectivity index (χ1v) is 7.71. The molecule has 0 fully saturated rings. The van der Waals surface area contributed by atoms with E-state index in [1.165, 1.54) is 0 Å². The third kappa shape index (κ3) is 4.04. The minimum Gasteiger partial charge on any atom is -0.454 e. The van der Waals surface area contributed by atoms with E-state index in [4.69, 9.17) is 9.47 Å². The molecule has 3 rings (SSSR count). The van der Waals surface area contributed by atoms with Gasteiger partial charge in [-0.2, -0.15) is 0 Å². The van der Waals surface area contributed by atoms with Crippen molar-refractivity contribution < 1.29 is 19.1 Å². The van der Waals surface area contributed by atoms with E-state index >= 15 is 0 Å². The fourth-order valence-corrected chi connectivity index (χ4v) is 2.32. The molecule has 0 unspecified atom stereocenters. The summed E-state index contributed by atoms with van der Waals surface area (Å²) in [5.74, 6) is 1.10. The first-order valence-electron chi connectivity index (χ1n) is 7.71. The number of ether oxygens (including phenoxy) is 2. The van der Waals surface area contributed by atoms with Gasteiger partial charge in [0.1, 0.15) is 0 Å². The minimum absolute atomic E-state index is 0.124. The van der Waals surface area contributed by atoms with E-state index in [0.29, 0.717) is 30.2 Å². The van der Waals surface area contributed by atoms with Crippen LogP contribution in [0.15, 0.2) is 48.5 Å². The fourth-order valence-electron chi connectivity index (χ4n) is 2.32. The number of hydrogen-bond donors (Lipinski definition) is 2. The summed E-state index contributed by atoms with van der Waals surface area (Å²) in [6.07, 6.45) is 0.225. The van der Waals surface area contributed by atoms with Crippen molar-refractivity contribution in [3.63, 3.8) is 0 Å². The number of hydrogen-bond acceptors (Lipinski definition) is 4. The van der Waals surface area contributed by atoms with E-state index in [0.717, 1.165) is 5.56 Å². The summed E-state index contributed by atoms with van der Waals surface area (Å²) < 4.78 is 10.5. The number of rotatable bonds is 6. The second-order valence-electron chi connectivity index (χ2n) is 5.34. The van der Waals surface area contributed by atoms with Crippen LogP contribution in [0.4, 0.5) is 0 Å². The predicted octanol–water partition coefficient (Wildman–Crippen LogP) is 1.85. The Morgan fingerprint density at radius 1 is 0.958 bits per heavy atom. The number of benzene rings is 2. The Labute approximate surface area is 139 Å². The molecule has 0 saturated heterocycles. The van der Waals surface area contributed by atoms with Crippen molar-refractivity contribution in [1.82, 2.24) is 10.6 Å². The summed E-state index contributed by atoms with van der Waals surface area (Å²) in [5.41, 5.74) is 1.51. The smallest absolute Gasteiger partial charge is 0.251 e. The standard InChI is InChI=1S/C18H18N2O4/c21-17(8-9-19-18(22)14-4-2-1-3-5-14)20-11-13-6-7-15-16(10-13)24-12-23-15/h1-7,10H,8-9,11-12H2,(H,19,22)(H,20,21). The summed E-state index contributed by atoms with van der Waals surface area (Å²) >= 11 is 0. The zero-order valence-corrected chi connectivity index (χ0v) is 13.1. The van der Waals surface area contributed by atoms with E-state index in [9.17, 15) is 9.59 Å². The van der Waals surface area contributed by atoms with Crippen LogP contribution in [0.3, 0.4) is 0 Å². The molecular weight excluding hydrogens is 308 g/mol. The molecule has 0 aliphatic carbocycles. The number of carbonyl (C=O) groups is 2. The van der Waals surface area contributed by atoms with E-state index in [-0.39, 0.29) is 25.0 Å². The van der Waals surface area contributed by atoms with Crippen molar-refractivity contribution in [1.29, 1.82) is 0 Å². The maximum atomic E-state index is 11.8. The summed E-state index contributed by atoms with van der Waals surface area (Å²) in [7, 11) is 0. The normalized spacial score (nSPS) is 11.8. The second-order valence-corrected chi connectivity index (χ2v) is 5.34. The van der Waals surface area contributed by atoms with Gasteiger partial charge in [0.05, 0.1) is 0 Å². The molecule has 24 heavy (non-hydrogen) atoms. The zero-order chi connectivity index (χ0) is 16.8. The minimum atomic E-state index is -0.181. The van der Waals surface area contributed by atoms with Crippen LogP contribution in [0.5, 0.6) is 11.5 Å². The number of carbonyl (C=O) groups excluding carboxylic acids is 2. The molecule has 0 radical (unpaired) electrons. The van der Waals surface area contributed by atoms with Gasteiger partial charge in [-0.25, -0.2) is 0 Å². The van der Waals surface area contributed by atoms with Gasteiger partial charge in [0.2, 0.25) is 12.7 Å². The van der Waals surface area contributed by atoms with Crippen molar-refractivity contribution in [2.75, 3.05) is 13.3 Å². The molecule has 0 atom stereocenters. The van der Waals surface area contributed by atoms with E-state index < -0.39 is 0 Å². The van der Waals surface area contributed by atoms with Crippen LogP contribution in [-0.2, 0) is 11.3 Å². The Morgan fingerprint density at radius 2 is 1.75 bits per heavy atom. The average molecular weight is 326 g/mol. The van der Waals surface area contributed by atoms with Crippen molar-refractivity contribution in [2.24, 2.45) is 0 Å². The maximum Gasteiger partial charge on any atom is 0.251 e. The van der Waals surface area contributed by atoms with E-state index in [2.05, 4.69) is 10.6 Å². The lowest BCUT2D eigenvalue weighted by atomic mass is 10.2. The predicted molar refractivity (Wildman–Crippen MR) is 87.8 cm³/mol. The SMILES string of the molecule is O=C(CCNC(=O)c1ccccc1)NCc1ccc2c(c1)OCO2. The molecule has 1 heterocycles. The highest BCUT2D eigenvalue weighted by Crippen LogP contribution is 2.32. The Hall–Kier alpha value is -3.02. The Kier molecular flexibility index (Phi) is 4.96. The maximum absolute atomic E-state index is 11.8. The highest BCUT2D eigenvalue weighted by atomic mass is 16.7. The van der Waals surface area contributed by atoms with Crippen molar-refractivity contribution >= 4 is 11.8 Å². The molecule has 0 saturated carbocycles. The van der Waals surface area contributed by atoms with Crippen LogP contribution in [0.1, 0.15) is 22.3 Å². The molecule has 2 N–H and O–H groups in total. The van der Waals surface area contributed by atoms with Gasteiger partial charge in [-0.15, -0.1) is 0 Å². The monoisotopic (exact) mass is 326 g/mol. The van der Waals surface area contributed by atoms with Gasteiger partial charge >= 0.3 is 0 Å². The first kappa shape index (κ1) is 15.9. The molecule has 124 valence electrons. The van der Waals surface area contributed by atoms with Gasteiger partial charge in [0.25, 0.3) is 5.91 Å². The number of fused-ring (bicyclic) bond motifs is 1. The third-order valence-electron chi connectivity index (χ3n) is 3.60. The lowest BCUT2D eigenvalue weighted by molar-refractivity contribution is -0.121. The molecular formula is C18H18N2O4. The molecule has 2 amide bonds. The van der Waals surface area contributed by atoms with Crippen molar-refractivity contribution in [3.8, 4) is 11.5 Å². The number of nitrogens with one attached hydrogen (secondary N) is 2. The fraction of sp³-hybridized carbons (Fsp3) is 0.222. The molecule has 6 nitrogen and oxygen atoms in total. The summed E-state index contributed by atoms with van der Waals surface area (Å²) in [6, 6.07) is 14.5. The molecule has 1 aliphatic heterocycles. The van der Waals surface area contributed by atoms with Gasteiger partial charge < -0.3 is 20.1 Å². The lowest BCUT2D eigenvalue weighted by Gasteiger charge is -2.07. The Bertz CT molecular complexity index is 731. The van der Waals surface area contributed by atoms with Gasteiger partial charge in [-0.05, 0) is 29.8 Å². The van der Waals surface area contributed by atoms with Crippen LogP contribution in [0.2, 0.25) is 0 Å². The first-order chi connectivity index (χ1) is 11.7. The molecule has 0 aromatic heterocycles. The molecule has 0 bridgehead atoms. The van der Waals surface area contributed by atoms with E-state index in [1.807, 2.05) is 24.3 Å². The summed E-state index contributed by atoms with van der Waals surface area (Å²) in [6.45, 7) is 0.926. The van der Waals surface area contributed by atoms with Crippen LogP contribution >= 0.6 is 0 Å². The molecule has 2 aromatic rings. The topological polar surface area (TPSA) is 76.7 Å². The number of amides is 2. The highest BCUT2D eigenvalue weighted by molar-refractivity contribution is 5.94. The van der Waals surface area contributed by atoms with Crippen molar-refractivity contribution in [2.45, 2.75) is 13.0 Å². The second kappa shape index (κ2) is 7.50. The highest BCUT2D eigenvalue weighted by Gasteiger charge is 2.13. The van der Waals surface area contributed by atoms with E-state index in [1.54, 1.807) is 24.3 Å². The summed E-state index contributed by atoms with van der Waals surface area (Å²) in [5, 5.41) is 5.54. The third-order valence-corrected chi connectivity index (χ3v) is 3.60. The Morgan fingerprint density at radius 3 is 2.58 bits per heavy atom. The molecule has 6 heteroatoms. The lowest BCUT2D eigenvalue weighted by Crippen LogP contribution is -2.30. The van der Waals surface area contributed by atoms with Gasteiger partial charge in [0, 0.05) is 25.1 Å². The van der Waals surface area contributed by atoms with Crippen LogP contribution < -0.4 is 20.1 Å². The quantitative estimate of drug-likeness (QED) is 0.849. The molecule has 2 aromatic carbocycles. The van der Waals surface area contributed by atoms with Gasteiger partial charge in [-0.1, -0.05) is 24.3 Å². The van der Waals surface area contributed by atoms with Crippen LogP contribution in [0.25, 0.3) is 0 Å². The van der Waals surface area contributed by atoms with Gasteiger partial charge in [0.15, 0.2) is 11.5 Å². The largest absolute Gasteiger partial charge is 0.454 e. The zero-order valence-electron chi connectivity index (χ0n) is 13.1. The van der Waals surface area contributed by atoms with Crippen LogP contribution in [0, 0.1) is 0 Å². The molecule has 0 spiro atoms. The summed E-state index contributed by atoms with van der Waals surface area (Å²) in [4.78, 5) is 23.7.